The van der Waals surface area contributed by atoms with Crippen molar-refractivity contribution < 1.29 is 14.0 Å². The molecule has 0 aromatic carbocycles. The average Bonchev–Trinajstić information content (AvgIpc) is 3.20. The molecule has 1 saturated carbocycles. The van der Waals surface area contributed by atoms with Crippen molar-refractivity contribution in [2.45, 2.75) is 43.4 Å². The minimum Gasteiger partial charge on any atom is -0.387 e. The first-order valence-corrected chi connectivity index (χ1v) is 7.54. The molecule has 4 rings (SSSR count). The summed E-state index contributed by atoms with van der Waals surface area (Å²) in [7, 11) is 0. The van der Waals surface area contributed by atoms with Crippen LogP contribution in [0.3, 0.4) is 0 Å². The number of rotatable bonds is 2. The molecule has 3 aliphatic heterocycles. The Morgan fingerprint density at radius 3 is 2.90 bits per heavy atom. The number of likely N-dealkylation sites (tertiary alicyclic amines) is 1. The third-order valence-electron chi connectivity index (χ3n) is 5.02. The van der Waals surface area contributed by atoms with Crippen LogP contribution in [-0.2, 0) is 9.63 Å². The fourth-order valence-electron chi connectivity index (χ4n) is 3.58. The number of hydrogen-bond donors (Lipinski definition) is 1. The normalized spacial score (nSPS) is 35.5. The average molecular weight is 281 g/mol. The minimum absolute atomic E-state index is 0.138. The van der Waals surface area contributed by atoms with Gasteiger partial charge < -0.3 is 15.1 Å². The molecule has 0 aromatic heterocycles. The van der Waals surface area contributed by atoms with E-state index in [9.17, 15) is 9.18 Å². The number of hydrogen-bond acceptors (Lipinski definition) is 4. The maximum atomic E-state index is 14.3. The SMILES string of the molecule is O=C(C1=NOC2(CCCNC2)C1)N1CC(F)(C2CC2)C1. The number of oxime groups is 1. The summed E-state index contributed by atoms with van der Waals surface area (Å²) < 4.78 is 14.3. The molecule has 1 atom stereocenters. The van der Waals surface area contributed by atoms with Gasteiger partial charge in [-0.25, -0.2) is 4.39 Å². The number of nitrogens with zero attached hydrogens (tertiary/aromatic N) is 2. The molecule has 5 nitrogen and oxygen atoms in total. The zero-order chi connectivity index (χ0) is 13.8. The Bertz CT molecular complexity index is 463. The van der Waals surface area contributed by atoms with E-state index in [1.165, 1.54) is 0 Å². The van der Waals surface area contributed by atoms with Gasteiger partial charge in [-0.2, -0.15) is 0 Å². The third-order valence-corrected chi connectivity index (χ3v) is 5.02. The molecule has 1 amide bonds. The van der Waals surface area contributed by atoms with Gasteiger partial charge in [0.25, 0.3) is 5.91 Å². The molecule has 20 heavy (non-hydrogen) atoms. The lowest BCUT2D eigenvalue weighted by molar-refractivity contribution is -0.139. The molecule has 3 heterocycles. The molecule has 0 radical (unpaired) electrons. The monoisotopic (exact) mass is 281 g/mol. The van der Waals surface area contributed by atoms with Crippen molar-refractivity contribution >= 4 is 11.6 Å². The summed E-state index contributed by atoms with van der Waals surface area (Å²) in [5.74, 6) is 0.0450. The Morgan fingerprint density at radius 1 is 1.45 bits per heavy atom. The Labute approximate surface area is 117 Å². The summed E-state index contributed by atoms with van der Waals surface area (Å²) in [6.45, 7) is 2.20. The molecule has 1 spiro atoms. The number of amides is 1. The summed E-state index contributed by atoms with van der Waals surface area (Å²) >= 11 is 0. The van der Waals surface area contributed by atoms with E-state index in [1.807, 2.05) is 0 Å². The van der Waals surface area contributed by atoms with Crippen LogP contribution >= 0.6 is 0 Å². The second-order valence-corrected chi connectivity index (χ2v) is 6.74. The smallest absolute Gasteiger partial charge is 0.272 e. The van der Waals surface area contributed by atoms with E-state index in [4.69, 9.17) is 4.84 Å². The highest BCUT2D eigenvalue weighted by Gasteiger charge is 2.56. The molecule has 4 aliphatic rings. The van der Waals surface area contributed by atoms with Crippen LogP contribution in [0.5, 0.6) is 0 Å². The minimum atomic E-state index is -1.13. The Balaban J connectivity index is 1.36. The van der Waals surface area contributed by atoms with Crippen LogP contribution in [0.2, 0.25) is 0 Å². The molecule has 6 heteroatoms. The van der Waals surface area contributed by atoms with Crippen molar-refractivity contribution in [3.05, 3.63) is 0 Å². The molecule has 1 N–H and O–H groups in total. The van der Waals surface area contributed by atoms with E-state index < -0.39 is 5.67 Å². The molecule has 1 aliphatic carbocycles. The van der Waals surface area contributed by atoms with Crippen LogP contribution < -0.4 is 5.32 Å². The molecular formula is C14H20FN3O2. The Morgan fingerprint density at radius 2 is 2.25 bits per heavy atom. The third kappa shape index (κ3) is 1.92. The predicted octanol–water partition coefficient (Wildman–Crippen LogP) is 0.845. The molecule has 0 aromatic rings. The van der Waals surface area contributed by atoms with Gasteiger partial charge in [0.1, 0.15) is 11.4 Å². The molecule has 0 bridgehead atoms. The van der Waals surface area contributed by atoms with E-state index in [1.54, 1.807) is 4.90 Å². The van der Waals surface area contributed by atoms with Crippen molar-refractivity contribution in [3.63, 3.8) is 0 Å². The van der Waals surface area contributed by atoms with Crippen LogP contribution in [-0.4, -0.2) is 54.0 Å². The largest absolute Gasteiger partial charge is 0.387 e. The van der Waals surface area contributed by atoms with E-state index in [-0.39, 0.29) is 30.5 Å². The van der Waals surface area contributed by atoms with Gasteiger partial charge in [-0.3, -0.25) is 4.79 Å². The van der Waals surface area contributed by atoms with Crippen LogP contribution in [0.1, 0.15) is 32.1 Å². The lowest BCUT2D eigenvalue weighted by atomic mass is 9.87. The second kappa shape index (κ2) is 4.16. The van der Waals surface area contributed by atoms with Gasteiger partial charge in [0, 0.05) is 13.0 Å². The summed E-state index contributed by atoms with van der Waals surface area (Å²) in [5.41, 5.74) is -0.997. The number of piperidine rings is 1. The fourth-order valence-corrected chi connectivity index (χ4v) is 3.58. The Hall–Kier alpha value is -1.17. The van der Waals surface area contributed by atoms with Gasteiger partial charge in [0.2, 0.25) is 0 Å². The Kier molecular flexibility index (Phi) is 2.61. The number of carbonyl (C=O) groups is 1. The van der Waals surface area contributed by atoms with E-state index in [2.05, 4.69) is 10.5 Å². The van der Waals surface area contributed by atoms with Gasteiger partial charge >= 0.3 is 0 Å². The molecule has 3 fully saturated rings. The maximum absolute atomic E-state index is 14.3. The molecule has 2 saturated heterocycles. The molecule has 1 unspecified atom stereocenters. The highest BCUT2D eigenvalue weighted by Crippen LogP contribution is 2.47. The number of alkyl halides is 1. The zero-order valence-corrected chi connectivity index (χ0v) is 11.5. The van der Waals surface area contributed by atoms with Crippen molar-refractivity contribution in [2.24, 2.45) is 11.1 Å². The first-order valence-electron chi connectivity index (χ1n) is 7.54. The van der Waals surface area contributed by atoms with E-state index in [0.29, 0.717) is 12.1 Å². The van der Waals surface area contributed by atoms with Crippen molar-refractivity contribution in [3.8, 4) is 0 Å². The molecular weight excluding hydrogens is 261 g/mol. The quantitative estimate of drug-likeness (QED) is 0.816. The summed E-state index contributed by atoms with van der Waals surface area (Å²) in [4.78, 5) is 19.4. The van der Waals surface area contributed by atoms with Crippen molar-refractivity contribution in [1.29, 1.82) is 0 Å². The lowest BCUT2D eigenvalue weighted by Gasteiger charge is -2.44. The van der Waals surface area contributed by atoms with Gasteiger partial charge in [-0.15, -0.1) is 0 Å². The second-order valence-electron chi connectivity index (χ2n) is 6.74. The number of nitrogens with one attached hydrogen (secondary N) is 1. The summed E-state index contributed by atoms with van der Waals surface area (Å²) in [6, 6.07) is 0. The van der Waals surface area contributed by atoms with Crippen molar-refractivity contribution in [2.75, 3.05) is 26.2 Å². The summed E-state index contributed by atoms with van der Waals surface area (Å²) in [5, 5.41) is 7.27. The molecule has 110 valence electrons. The maximum Gasteiger partial charge on any atom is 0.272 e. The number of carbonyl (C=O) groups excluding carboxylic acids is 1. The van der Waals surface area contributed by atoms with Crippen LogP contribution in [0, 0.1) is 5.92 Å². The van der Waals surface area contributed by atoms with Gasteiger partial charge in [0.05, 0.1) is 13.1 Å². The van der Waals surface area contributed by atoms with Crippen molar-refractivity contribution in [1.82, 2.24) is 10.2 Å². The first kappa shape index (κ1) is 12.6. The van der Waals surface area contributed by atoms with Gasteiger partial charge in [-0.1, -0.05) is 5.16 Å². The summed E-state index contributed by atoms with van der Waals surface area (Å²) in [6.07, 6.45) is 4.46. The van der Waals surface area contributed by atoms with E-state index >= 15 is 0 Å². The van der Waals surface area contributed by atoms with Gasteiger partial charge in [-0.05, 0) is 38.1 Å². The number of halogens is 1. The highest BCUT2D eigenvalue weighted by molar-refractivity contribution is 6.39. The highest BCUT2D eigenvalue weighted by atomic mass is 19.1. The van der Waals surface area contributed by atoms with Gasteiger partial charge in [0.15, 0.2) is 5.60 Å². The van der Waals surface area contributed by atoms with Crippen LogP contribution in [0.25, 0.3) is 0 Å². The standard InChI is InChI=1S/C14H20FN3O2/c15-14(10-2-3-10)8-18(9-14)12(19)11-6-13(20-17-11)4-1-5-16-7-13/h10,16H,1-9H2. The predicted molar refractivity (Wildman–Crippen MR) is 71.1 cm³/mol. The first-order chi connectivity index (χ1) is 9.60. The van der Waals surface area contributed by atoms with E-state index in [0.717, 1.165) is 38.8 Å². The lowest BCUT2D eigenvalue weighted by Crippen LogP contribution is -2.63. The topological polar surface area (TPSA) is 53.9 Å². The zero-order valence-electron chi connectivity index (χ0n) is 11.5. The van der Waals surface area contributed by atoms with Crippen LogP contribution in [0.4, 0.5) is 4.39 Å². The van der Waals surface area contributed by atoms with Crippen LogP contribution in [0.15, 0.2) is 5.16 Å². The fraction of sp³-hybridized carbons (Fsp3) is 0.857.